The second-order valence-corrected chi connectivity index (χ2v) is 6.88. The summed E-state index contributed by atoms with van der Waals surface area (Å²) in [6.07, 6.45) is -3.77. The molecule has 0 aliphatic heterocycles. The number of rotatable bonds is 6. The van der Waals surface area contributed by atoms with Gasteiger partial charge in [0.25, 0.3) is 0 Å². The van der Waals surface area contributed by atoms with Crippen LogP contribution < -0.4 is 10.1 Å². The summed E-state index contributed by atoms with van der Waals surface area (Å²) in [7, 11) is 0. The van der Waals surface area contributed by atoms with E-state index in [1.165, 1.54) is 17.0 Å². The fourth-order valence-electron chi connectivity index (χ4n) is 1.78. The highest BCUT2D eigenvalue weighted by Gasteiger charge is 2.31. The molecule has 114 valence electrons. The van der Waals surface area contributed by atoms with Gasteiger partial charge >= 0.3 is 6.36 Å². The molecule has 0 fully saturated rings. The highest BCUT2D eigenvalue weighted by molar-refractivity contribution is 9.11. The van der Waals surface area contributed by atoms with Gasteiger partial charge in [0.15, 0.2) is 0 Å². The van der Waals surface area contributed by atoms with Gasteiger partial charge in [-0.15, -0.1) is 24.5 Å². The lowest BCUT2D eigenvalue weighted by Crippen LogP contribution is -2.18. The van der Waals surface area contributed by atoms with Crippen molar-refractivity contribution in [2.45, 2.75) is 19.3 Å². The molecule has 1 N–H and O–H groups in total. The second kappa shape index (κ2) is 7.29. The Morgan fingerprint density at radius 2 is 2.00 bits per heavy atom. The third-order valence-corrected chi connectivity index (χ3v) is 4.32. The Labute approximate surface area is 133 Å². The first-order valence-corrected chi connectivity index (χ1v) is 7.83. The lowest BCUT2D eigenvalue weighted by atomic mass is 10.2. The molecule has 0 spiro atoms. The Balaban J connectivity index is 1.79. The van der Waals surface area contributed by atoms with Crippen LogP contribution in [0, 0.1) is 0 Å². The van der Waals surface area contributed by atoms with E-state index in [4.69, 9.17) is 0 Å². The van der Waals surface area contributed by atoms with Gasteiger partial charge in [0, 0.05) is 18.0 Å². The number of benzene rings is 1. The zero-order valence-corrected chi connectivity index (χ0v) is 13.3. The van der Waals surface area contributed by atoms with Gasteiger partial charge in [-0.25, -0.2) is 0 Å². The van der Waals surface area contributed by atoms with Crippen LogP contribution in [0.2, 0.25) is 0 Å². The van der Waals surface area contributed by atoms with Gasteiger partial charge in [-0.2, -0.15) is 0 Å². The molecule has 2 aromatic rings. The van der Waals surface area contributed by atoms with Crippen molar-refractivity contribution in [1.29, 1.82) is 0 Å². The summed E-state index contributed by atoms with van der Waals surface area (Å²) < 4.78 is 41.4. The molecule has 1 aromatic carbocycles. The fraction of sp³-hybridized carbons (Fsp3) is 0.286. The molecule has 0 radical (unpaired) electrons. The normalized spacial score (nSPS) is 11.6. The summed E-state index contributed by atoms with van der Waals surface area (Å²) in [4.78, 5) is 1.25. The van der Waals surface area contributed by atoms with E-state index in [2.05, 4.69) is 26.0 Å². The third kappa shape index (κ3) is 6.07. The van der Waals surface area contributed by atoms with Crippen LogP contribution in [0.4, 0.5) is 13.2 Å². The van der Waals surface area contributed by atoms with E-state index < -0.39 is 6.36 Å². The lowest BCUT2D eigenvalue weighted by Gasteiger charge is -2.10. The highest BCUT2D eigenvalue weighted by Crippen LogP contribution is 2.23. The molecule has 0 atom stereocenters. The summed E-state index contributed by atoms with van der Waals surface area (Å²) in [5, 5.41) is 3.20. The summed E-state index contributed by atoms with van der Waals surface area (Å²) in [5.74, 6) is -0.191. The van der Waals surface area contributed by atoms with E-state index >= 15 is 0 Å². The van der Waals surface area contributed by atoms with Gasteiger partial charge in [-0.05, 0) is 52.2 Å². The van der Waals surface area contributed by atoms with Gasteiger partial charge in [0.2, 0.25) is 0 Å². The smallest absolute Gasteiger partial charge is 0.406 e. The van der Waals surface area contributed by atoms with Crippen molar-refractivity contribution < 1.29 is 17.9 Å². The maximum atomic E-state index is 12.1. The number of ether oxygens (including phenoxy) is 1. The monoisotopic (exact) mass is 379 g/mol. The number of nitrogens with one attached hydrogen (secondary N) is 1. The van der Waals surface area contributed by atoms with Crippen molar-refractivity contribution in [3.05, 3.63) is 50.6 Å². The summed E-state index contributed by atoms with van der Waals surface area (Å²) in [6, 6.07) is 10.0. The molecule has 0 unspecified atom stereocenters. The van der Waals surface area contributed by atoms with E-state index in [0.29, 0.717) is 6.54 Å². The molecule has 1 heterocycles. The predicted molar refractivity (Wildman–Crippen MR) is 80.6 cm³/mol. The van der Waals surface area contributed by atoms with E-state index in [-0.39, 0.29) is 5.75 Å². The third-order valence-electron chi connectivity index (χ3n) is 2.64. The molecular formula is C14H13BrF3NOS. The first kappa shape index (κ1) is 16.3. The molecule has 0 aliphatic rings. The van der Waals surface area contributed by atoms with Crippen molar-refractivity contribution in [3.63, 3.8) is 0 Å². The van der Waals surface area contributed by atoms with Crippen LogP contribution in [0.3, 0.4) is 0 Å². The minimum atomic E-state index is -4.65. The van der Waals surface area contributed by atoms with Gasteiger partial charge in [-0.1, -0.05) is 12.1 Å². The molecule has 2 rings (SSSR count). The minimum absolute atomic E-state index is 0.191. The Kier molecular flexibility index (Phi) is 5.66. The quantitative estimate of drug-likeness (QED) is 0.731. The molecule has 0 saturated carbocycles. The van der Waals surface area contributed by atoms with Crippen molar-refractivity contribution in [2.75, 3.05) is 6.54 Å². The number of hydrogen-bond acceptors (Lipinski definition) is 3. The Bertz CT molecular complexity index is 586. The molecule has 0 bridgehead atoms. The highest BCUT2D eigenvalue weighted by atomic mass is 79.9. The van der Waals surface area contributed by atoms with Crippen LogP contribution in [0.25, 0.3) is 0 Å². The molecule has 0 aliphatic carbocycles. The maximum Gasteiger partial charge on any atom is 0.573 e. The van der Waals surface area contributed by atoms with Gasteiger partial charge in [-0.3, -0.25) is 0 Å². The van der Waals surface area contributed by atoms with Crippen LogP contribution in [-0.2, 0) is 13.0 Å². The zero-order chi connectivity index (χ0) is 15.3. The first-order valence-electron chi connectivity index (χ1n) is 6.22. The Hall–Kier alpha value is -1.05. The SMILES string of the molecule is FC(F)(F)Oc1cccc(CNCCc2ccc(Br)s2)c1. The predicted octanol–water partition coefficient (Wildman–Crippen LogP) is 4.74. The minimum Gasteiger partial charge on any atom is -0.406 e. The summed E-state index contributed by atoms with van der Waals surface area (Å²) >= 11 is 5.08. The van der Waals surface area contributed by atoms with Crippen LogP contribution in [-0.4, -0.2) is 12.9 Å². The van der Waals surface area contributed by atoms with E-state index in [1.807, 2.05) is 12.1 Å². The average Bonchev–Trinajstić information content (AvgIpc) is 2.79. The fourth-order valence-corrected chi connectivity index (χ4v) is 3.27. The topological polar surface area (TPSA) is 21.3 Å². The Morgan fingerprint density at radius 1 is 1.19 bits per heavy atom. The molecule has 0 amide bonds. The molecular weight excluding hydrogens is 367 g/mol. The van der Waals surface area contributed by atoms with E-state index in [0.717, 1.165) is 22.3 Å². The van der Waals surface area contributed by atoms with Crippen molar-refractivity contribution >= 4 is 27.3 Å². The van der Waals surface area contributed by atoms with Crippen molar-refractivity contribution in [3.8, 4) is 5.75 Å². The van der Waals surface area contributed by atoms with Gasteiger partial charge < -0.3 is 10.1 Å². The summed E-state index contributed by atoms with van der Waals surface area (Å²) in [6.45, 7) is 1.26. The number of hydrogen-bond donors (Lipinski definition) is 1. The van der Waals surface area contributed by atoms with Gasteiger partial charge in [0.05, 0.1) is 3.79 Å². The Morgan fingerprint density at radius 3 is 2.67 bits per heavy atom. The summed E-state index contributed by atoms with van der Waals surface area (Å²) in [5.41, 5.74) is 0.754. The number of halogens is 4. The van der Waals surface area contributed by atoms with Crippen molar-refractivity contribution in [1.82, 2.24) is 5.32 Å². The van der Waals surface area contributed by atoms with E-state index in [1.54, 1.807) is 23.5 Å². The van der Waals surface area contributed by atoms with Crippen LogP contribution in [0.5, 0.6) is 5.75 Å². The van der Waals surface area contributed by atoms with Crippen LogP contribution in [0.15, 0.2) is 40.2 Å². The largest absolute Gasteiger partial charge is 0.573 e. The molecule has 21 heavy (non-hydrogen) atoms. The zero-order valence-electron chi connectivity index (χ0n) is 10.9. The number of thiophene rings is 1. The van der Waals surface area contributed by atoms with Crippen LogP contribution >= 0.6 is 27.3 Å². The molecule has 0 saturated heterocycles. The number of alkyl halides is 3. The van der Waals surface area contributed by atoms with Crippen molar-refractivity contribution in [2.24, 2.45) is 0 Å². The molecule has 7 heteroatoms. The second-order valence-electron chi connectivity index (χ2n) is 4.33. The van der Waals surface area contributed by atoms with Gasteiger partial charge in [0.1, 0.15) is 5.75 Å². The average molecular weight is 380 g/mol. The van der Waals surface area contributed by atoms with E-state index in [9.17, 15) is 13.2 Å². The molecule has 1 aromatic heterocycles. The van der Waals surface area contributed by atoms with Crippen LogP contribution in [0.1, 0.15) is 10.4 Å². The first-order chi connectivity index (χ1) is 9.92. The lowest BCUT2D eigenvalue weighted by molar-refractivity contribution is -0.274. The standard InChI is InChI=1S/C14H13BrF3NOS/c15-13-5-4-12(21-13)6-7-19-9-10-2-1-3-11(8-10)20-14(16,17)18/h1-5,8,19H,6-7,9H2. The molecule has 2 nitrogen and oxygen atoms in total. The maximum absolute atomic E-state index is 12.1.